The Hall–Kier alpha value is -3.78. The van der Waals surface area contributed by atoms with Crippen LogP contribution in [0.3, 0.4) is 0 Å². The van der Waals surface area contributed by atoms with Crippen molar-refractivity contribution in [3.05, 3.63) is 78.4 Å². The van der Waals surface area contributed by atoms with E-state index in [1.165, 1.54) is 17.3 Å². The molecule has 7 nitrogen and oxygen atoms in total. The van der Waals surface area contributed by atoms with E-state index in [2.05, 4.69) is 16.3 Å². The number of rotatable bonds is 5. The molecule has 0 N–H and O–H groups in total. The van der Waals surface area contributed by atoms with E-state index in [4.69, 9.17) is 9.47 Å². The largest absolute Gasteiger partial charge is 0.454 e. The van der Waals surface area contributed by atoms with Gasteiger partial charge in [-0.15, -0.1) is 10.2 Å². The summed E-state index contributed by atoms with van der Waals surface area (Å²) in [6.07, 6.45) is 1.97. The monoisotopic (exact) mass is 484 g/mol. The molecule has 1 aromatic heterocycles. The number of carbonyl (C=O) groups excluding carboxylic acids is 1. The van der Waals surface area contributed by atoms with Gasteiger partial charge in [-0.25, -0.2) is 0 Å². The molecule has 4 aromatic rings. The number of thioether (sulfide) groups is 1. The number of hydrogen-bond acceptors (Lipinski definition) is 6. The van der Waals surface area contributed by atoms with Crippen molar-refractivity contribution in [1.82, 2.24) is 14.8 Å². The molecule has 0 radical (unpaired) electrons. The van der Waals surface area contributed by atoms with Crippen molar-refractivity contribution in [1.29, 1.82) is 0 Å². The molecule has 0 aliphatic carbocycles. The van der Waals surface area contributed by atoms with Gasteiger partial charge in [0.25, 0.3) is 0 Å². The summed E-state index contributed by atoms with van der Waals surface area (Å²) >= 11 is 1.42. The average Bonchev–Trinajstić information content (AvgIpc) is 3.55. The second-order valence-corrected chi connectivity index (χ2v) is 9.84. The summed E-state index contributed by atoms with van der Waals surface area (Å²) in [6, 6.07) is 23.9. The molecule has 0 spiro atoms. The van der Waals surface area contributed by atoms with Crippen molar-refractivity contribution >= 4 is 23.4 Å². The highest BCUT2D eigenvalue weighted by atomic mass is 32.2. The van der Waals surface area contributed by atoms with Gasteiger partial charge in [0.05, 0.1) is 5.25 Å². The minimum atomic E-state index is -0.336. The van der Waals surface area contributed by atoms with Crippen LogP contribution in [0.5, 0.6) is 11.5 Å². The number of para-hydroxylation sites is 2. The summed E-state index contributed by atoms with van der Waals surface area (Å²) in [5.74, 6) is 2.16. The van der Waals surface area contributed by atoms with Crippen molar-refractivity contribution in [3.63, 3.8) is 0 Å². The van der Waals surface area contributed by atoms with E-state index in [1.54, 1.807) is 0 Å². The van der Waals surface area contributed by atoms with Gasteiger partial charge in [0.15, 0.2) is 22.5 Å². The third-order valence-electron chi connectivity index (χ3n) is 6.28. The van der Waals surface area contributed by atoms with Gasteiger partial charge in [0, 0.05) is 23.5 Å². The van der Waals surface area contributed by atoms with Crippen molar-refractivity contribution in [3.8, 4) is 28.6 Å². The molecule has 0 fully saturated rings. The van der Waals surface area contributed by atoms with Gasteiger partial charge in [0.1, 0.15) is 0 Å². The van der Waals surface area contributed by atoms with E-state index in [-0.39, 0.29) is 18.0 Å². The normalized spacial score (nSPS) is 15.1. The number of aryl methyl sites for hydroxylation is 1. The number of aromatic nitrogens is 3. The summed E-state index contributed by atoms with van der Waals surface area (Å²) in [7, 11) is 0. The third kappa shape index (κ3) is 4.04. The van der Waals surface area contributed by atoms with Crippen molar-refractivity contribution in [2.45, 2.75) is 30.2 Å². The SMILES string of the molecule is C[C@H](Sc1nnc(-c2ccc3c(c2)OCO3)n1-c1ccccc1)C(=O)N1CCCc2ccccc21. The summed E-state index contributed by atoms with van der Waals surface area (Å²) in [6.45, 7) is 2.88. The molecule has 1 amide bonds. The van der Waals surface area contributed by atoms with Crippen LogP contribution in [0.2, 0.25) is 0 Å². The average molecular weight is 485 g/mol. The number of ether oxygens (including phenoxy) is 2. The molecule has 3 aromatic carbocycles. The Labute approximate surface area is 207 Å². The summed E-state index contributed by atoms with van der Waals surface area (Å²) in [5, 5.41) is 9.35. The fourth-order valence-electron chi connectivity index (χ4n) is 4.57. The summed E-state index contributed by atoms with van der Waals surface area (Å²) in [5.41, 5.74) is 4.03. The fraction of sp³-hybridized carbons (Fsp3) is 0.222. The van der Waals surface area contributed by atoms with Crippen LogP contribution in [0.4, 0.5) is 5.69 Å². The Kier molecular flexibility index (Phi) is 5.66. The molecule has 0 unspecified atom stereocenters. The number of anilines is 1. The van der Waals surface area contributed by atoms with E-state index in [0.717, 1.165) is 42.1 Å². The predicted molar refractivity (Wildman–Crippen MR) is 135 cm³/mol. The third-order valence-corrected chi connectivity index (χ3v) is 7.31. The quantitative estimate of drug-likeness (QED) is 0.366. The first kappa shape index (κ1) is 21.7. The maximum Gasteiger partial charge on any atom is 0.240 e. The van der Waals surface area contributed by atoms with E-state index < -0.39 is 0 Å². The lowest BCUT2D eigenvalue weighted by molar-refractivity contribution is -0.117. The molecule has 0 saturated carbocycles. The van der Waals surface area contributed by atoms with Gasteiger partial charge in [-0.2, -0.15) is 0 Å². The Bertz CT molecular complexity index is 1390. The molecule has 0 bridgehead atoms. The molecular weight excluding hydrogens is 460 g/mol. The number of nitrogens with zero attached hydrogens (tertiary/aromatic N) is 4. The van der Waals surface area contributed by atoms with Crippen LogP contribution in [-0.4, -0.2) is 39.3 Å². The molecule has 2 aliphatic heterocycles. The lowest BCUT2D eigenvalue weighted by atomic mass is 10.0. The molecule has 1 atom stereocenters. The van der Waals surface area contributed by atoms with Gasteiger partial charge in [-0.3, -0.25) is 9.36 Å². The maximum atomic E-state index is 13.5. The topological polar surface area (TPSA) is 69.5 Å². The number of benzene rings is 3. The van der Waals surface area contributed by atoms with Crippen LogP contribution >= 0.6 is 11.8 Å². The predicted octanol–water partition coefficient (Wildman–Crippen LogP) is 5.12. The number of carbonyl (C=O) groups is 1. The van der Waals surface area contributed by atoms with Crippen LogP contribution in [0.1, 0.15) is 18.9 Å². The lowest BCUT2D eigenvalue weighted by Gasteiger charge is -2.31. The zero-order valence-corrected chi connectivity index (χ0v) is 20.1. The van der Waals surface area contributed by atoms with Gasteiger partial charge in [0.2, 0.25) is 12.7 Å². The number of hydrogen-bond donors (Lipinski definition) is 0. The van der Waals surface area contributed by atoms with Gasteiger partial charge in [-0.1, -0.05) is 48.2 Å². The van der Waals surface area contributed by atoms with E-state index >= 15 is 0 Å². The second kappa shape index (κ2) is 9.11. The molecule has 35 heavy (non-hydrogen) atoms. The Balaban J connectivity index is 1.34. The van der Waals surface area contributed by atoms with Crippen molar-refractivity contribution < 1.29 is 14.3 Å². The highest BCUT2D eigenvalue weighted by Gasteiger charge is 2.29. The van der Waals surface area contributed by atoms with Crippen LogP contribution in [0, 0.1) is 0 Å². The standard InChI is InChI=1S/C27H24N4O3S/c1-18(26(32)30-15-7-9-19-8-5-6-12-22(19)30)35-27-29-28-25(31(27)21-10-3-2-4-11-21)20-13-14-23-24(16-20)34-17-33-23/h2-6,8,10-14,16,18H,7,9,15,17H2,1H3/t18-/m0/s1. The Morgan fingerprint density at radius 2 is 1.77 bits per heavy atom. The molecule has 6 rings (SSSR count). The van der Waals surface area contributed by atoms with Crippen molar-refractivity contribution in [2.24, 2.45) is 0 Å². The Morgan fingerprint density at radius 1 is 0.971 bits per heavy atom. The van der Waals surface area contributed by atoms with E-state index in [9.17, 15) is 4.79 Å². The minimum Gasteiger partial charge on any atom is -0.454 e. The first-order valence-electron chi connectivity index (χ1n) is 11.7. The molecule has 0 saturated heterocycles. The zero-order valence-electron chi connectivity index (χ0n) is 19.3. The van der Waals surface area contributed by atoms with Gasteiger partial charge < -0.3 is 14.4 Å². The zero-order chi connectivity index (χ0) is 23.8. The Morgan fingerprint density at radius 3 is 2.66 bits per heavy atom. The minimum absolute atomic E-state index is 0.0781. The van der Waals surface area contributed by atoms with Crippen LogP contribution in [0.15, 0.2) is 78.0 Å². The lowest BCUT2D eigenvalue weighted by Crippen LogP contribution is -2.40. The smallest absolute Gasteiger partial charge is 0.240 e. The highest BCUT2D eigenvalue weighted by Crippen LogP contribution is 2.38. The first-order valence-corrected chi connectivity index (χ1v) is 12.5. The fourth-order valence-corrected chi connectivity index (χ4v) is 5.50. The van der Waals surface area contributed by atoms with Crippen LogP contribution in [0.25, 0.3) is 17.1 Å². The van der Waals surface area contributed by atoms with Crippen LogP contribution in [-0.2, 0) is 11.2 Å². The van der Waals surface area contributed by atoms with Crippen molar-refractivity contribution in [2.75, 3.05) is 18.2 Å². The maximum absolute atomic E-state index is 13.5. The molecule has 176 valence electrons. The first-order chi connectivity index (χ1) is 17.2. The molecule has 2 aliphatic rings. The van der Waals surface area contributed by atoms with Gasteiger partial charge >= 0.3 is 0 Å². The summed E-state index contributed by atoms with van der Waals surface area (Å²) in [4.78, 5) is 15.5. The second-order valence-electron chi connectivity index (χ2n) is 8.53. The highest BCUT2D eigenvalue weighted by molar-refractivity contribution is 8.00. The molecule has 8 heteroatoms. The molecule has 3 heterocycles. The van der Waals surface area contributed by atoms with E-state index in [1.807, 2.05) is 83.1 Å². The van der Waals surface area contributed by atoms with E-state index in [0.29, 0.717) is 16.7 Å². The summed E-state index contributed by atoms with van der Waals surface area (Å²) < 4.78 is 13.0. The van der Waals surface area contributed by atoms with Crippen LogP contribution < -0.4 is 14.4 Å². The van der Waals surface area contributed by atoms with Gasteiger partial charge in [-0.05, 0) is 61.7 Å². The molecular formula is C27H24N4O3S. The number of fused-ring (bicyclic) bond motifs is 2. The number of amides is 1.